The summed E-state index contributed by atoms with van der Waals surface area (Å²) in [6.45, 7) is 15.5. The van der Waals surface area contributed by atoms with Gasteiger partial charge < -0.3 is 4.74 Å². The van der Waals surface area contributed by atoms with Crippen LogP contribution in [0.25, 0.3) is 0 Å². The van der Waals surface area contributed by atoms with Gasteiger partial charge in [0.25, 0.3) is 0 Å². The van der Waals surface area contributed by atoms with Gasteiger partial charge in [0.05, 0.1) is 6.61 Å². The van der Waals surface area contributed by atoms with Crippen LogP contribution in [0.15, 0.2) is 30.3 Å². The molecule has 0 atom stereocenters. The van der Waals surface area contributed by atoms with Crippen molar-refractivity contribution in [2.45, 2.75) is 54.9 Å². The molecule has 0 heterocycles. The SMILES string of the molecule is CC.CC.CC(C)(C)CCOc1ccccc1. The molecule has 0 fully saturated rings. The third-order valence-electron chi connectivity index (χ3n) is 1.86. The lowest BCUT2D eigenvalue weighted by Crippen LogP contribution is -2.10. The van der Waals surface area contributed by atoms with Gasteiger partial charge in [-0.2, -0.15) is 0 Å². The molecule has 0 unspecified atom stereocenters. The van der Waals surface area contributed by atoms with E-state index in [0.717, 1.165) is 18.8 Å². The van der Waals surface area contributed by atoms with Gasteiger partial charge in [0.2, 0.25) is 0 Å². The molecule has 0 radical (unpaired) electrons. The van der Waals surface area contributed by atoms with Crippen molar-refractivity contribution in [3.05, 3.63) is 30.3 Å². The molecule has 0 N–H and O–H groups in total. The first kappa shape index (κ1) is 18.4. The van der Waals surface area contributed by atoms with Crippen LogP contribution >= 0.6 is 0 Å². The van der Waals surface area contributed by atoms with Crippen LogP contribution in [0.1, 0.15) is 54.9 Å². The van der Waals surface area contributed by atoms with Crippen LogP contribution in [0, 0.1) is 5.41 Å². The maximum atomic E-state index is 5.58. The van der Waals surface area contributed by atoms with Gasteiger partial charge in [0, 0.05) is 0 Å². The Kier molecular flexibility index (Phi) is 12.4. The first-order valence-corrected chi connectivity index (χ1v) is 6.76. The van der Waals surface area contributed by atoms with Gasteiger partial charge in [-0.25, -0.2) is 0 Å². The number of benzene rings is 1. The zero-order valence-corrected chi connectivity index (χ0v) is 12.7. The van der Waals surface area contributed by atoms with E-state index in [9.17, 15) is 0 Å². The number of rotatable bonds is 3. The van der Waals surface area contributed by atoms with Crippen LogP contribution in [0.2, 0.25) is 0 Å². The summed E-state index contributed by atoms with van der Waals surface area (Å²) in [5, 5.41) is 0. The Morgan fingerprint density at radius 1 is 0.882 bits per heavy atom. The van der Waals surface area contributed by atoms with Gasteiger partial charge in [-0.3, -0.25) is 0 Å². The summed E-state index contributed by atoms with van der Waals surface area (Å²) in [4.78, 5) is 0. The molecule has 0 saturated heterocycles. The van der Waals surface area contributed by atoms with E-state index >= 15 is 0 Å². The number of hydrogen-bond donors (Lipinski definition) is 0. The Morgan fingerprint density at radius 2 is 1.35 bits per heavy atom. The lowest BCUT2D eigenvalue weighted by atomic mass is 9.93. The summed E-state index contributed by atoms with van der Waals surface area (Å²) < 4.78 is 5.58. The molecule has 1 heteroatoms. The van der Waals surface area contributed by atoms with Crippen LogP contribution in [0.5, 0.6) is 5.75 Å². The van der Waals surface area contributed by atoms with Gasteiger partial charge in [-0.15, -0.1) is 0 Å². The molecule has 0 amide bonds. The molecular formula is C16H30O. The molecule has 1 aromatic rings. The molecule has 0 aliphatic heterocycles. The molecule has 1 aromatic carbocycles. The predicted molar refractivity (Wildman–Crippen MR) is 78.7 cm³/mol. The van der Waals surface area contributed by atoms with Crippen molar-refractivity contribution >= 4 is 0 Å². The van der Waals surface area contributed by atoms with Gasteiger partial charge in [0.15, 0.2) is 0 Å². The molecule has 1 rings (SSSR count). The second kappa shape index (κ2) is 11.5. The largest absolute Gasteiger partial charge is 0.494 e. The fourth-order valence-corrected chi connectivity index (χ4v) is 0.992. The van der Waals surface area contributed by atoms with Crippen molar-refractivity contribution in [2.24, 2.45) is 5.41 Å². The average Bonchev–Trinajstić information content (AvgIpc) is 2.34. The van der Waals surface area contributed by atoms with Crippen molar-refractivity contribution < 1.29 is 4.74 Å². The highest BCUT2D eigenvalue weighted by atomic mass is 16.5. The van der Waals surface area contributed by atoms with Crippen molar-refractivity contribution in [2.75, 3.05) is 6.61 Å². The Hall–Kier alpha value is -0.980. The maximum absolute atomic E-state index is 5.58. The first-order chi connectivity index (χ1) is 8.08. The summed E-state index contributed by atoms with van der Waals surface area (Å²) in [6.07, 6.45) is 1.09. The van der Waals surface area contributed by atoms with E-state index in [-0.39, 0.29) is 0 Å². The quantitative estimate of drug-likeness (QED) is 0.670. The van der Waals surface area contributed by atoms with Crippen LogP contribution in [0.4, 0.5) is 0 Å². The molecule has 0 aliphatic carbocycles. The highest BCUT2D eigenvalue weighted by molar-refractivity contribution is 5.20. The van der Waals surface area contributed by atoms with E-state index in [2.05, 4.69) is 20.8 Å². The molecule has 0 aromatic heterocycles. The Bertz CT molecular complexity index is 233. The van der Waals surface area contributed by atoms with Crippen molar-refractivity contribution in [3.8, 4) is 5.75 Å². The van der Waals surface area contributed by atoms with E-state index < -0.39 is 0 Å². The summed E-state index contributed by atoms with van der Waals surface area (Å²) in [5.41, 5.74) is 0.356. The van der Waals surface area contributed by atoms with Crippen LogP contribution < -0.4 is 4.74 Å². The lowest BCUT2D eigenvalue weighted by Gasteiger charge is -2.17. The molecule has 100 valence electrons. The molecule has 0 spiro atoms. The predicted octanol–water partition coefficient (Wildman–Crippen LogP) is 5.55. The second-order valence-corrected chi connectivity index (χ2v) is 4.47. The van der Waals surface area contributed by atoms with Crippen molar-refractivity contribution in [1.82, 2.24) is 0 Å². The molecule has 1 nitrogen and oxygen atoms in total. The van der Waals surface area contributed by atoms with E-state index in [1.54, 1.807) is 0 Å². The van der Waals surface area contributed by atoms with Gasteiger partial charge in [-0.1, -0.05) is 66.7 Å². The van der Waals surface area contributed by atoms with Crippen LogP contribution in [0.3, 0.4) is 0 Å². The molecule has 0 saturated carbocycles. The summed E-state index contributed by atoms with van der Waals surface area (Å²) in [5.74, 6) is 0.965. The smallest absolute Gasteiger partial charge is 0.119 e. The Labute approximate surface area is 108 Å². The van der Waals surface area contributed by atoms with E-state index in [4.69, 9.17) is 4.74 Å². The zero-order chi connectivity index (χ0) is 13.7. The van der Waals surface area contributed by atoms with Crippen molar-refractivity contribution in [3.63, 3.8) is 0 Å². The van der Waals surface area contributed by atoms with Crippen LogP contribution in [-0.2, 0) is 0 Å². The Morgan fingerprint density at radius 3 is 1.76 bits per heavy atom. The van der Waals surface area contributed by atoms with Gasteiger partial charge in [0.1, 0.15) is 5.75 Å². The average molecular weight is 238 g/mol. The molecule has 17 heavy (non-hydrogen) atoms. The summed E-state index contributed by atoms with van der Waals surface area (Å²) in [6, 6.07) is 9.96. The third-order valence-corrected chi connectivity index (χ3v) is 1.86. The number of para-hydroxylation sites is 1. The fraction of sp³-hybridized carbons (Fsp3) is 0.625. The Balaban J connectivity index is 0. The van der Waals surface area contributed by atoms with Gasteiger partial charge in [-0.05, 0) is 24.0 Å². The van der Waals surface area contributed by atoms with E-state index in [1.165, 1.54) is 0 Å². The monoisotopic (exact) mass is 238 g/mol. The van der Waals surface area contributed by atoms with E-state index in [0.29, 0.717) is 5.41 Å². The molecule has 0 bridgehead atoms. The molecular weight excluding hydrogens is 208 g/mol. The number of hydrogen-bond acceptors (Lipinski definition) is 1. The van der Waals surface area contributed by atoms with Crippen molar-refractivity contribution in [1.29, 1.82) is 0 Å². The third kappa shape index (κ3) is 13.0. The zero-order valence-electron chi connectivity index (χ0n) is 12.7. The standard InChI is InChI=1S/C12H18O.2C2H6/c1-12(2,3)9-10-13-11-7-5-4-6-8-11;2*1-2/h4-8H,9-10H2,1-3H3;2*1-2H3. The maximum Gasteiger partial charge on any atom is 0.119 e. The minimum atomic E-state index is 0.356. The highest BCUT2D eigenvalue weighted by Crippen LogP contribution is 2.19. The minimum absolute atomic E-state index is 0.356. The molecule has 0 aliphatic rings. The van der Waals surface area contributed by atoms with Crippen LogP contribution in [-0.4, -0.2) is 6.61 Å². The first-order valence-electron chi connectivity index (χ1n) is 6.76. The highest BCUT2D eigenvalue weighted by Gasteiger charge is 2.09. The van der Waals surface area contributed by atoms with Gasteiger partial charge >= 0.3 is 0 Å². The topological polar surface area (TPSA) is 9.23 Å². The summed E-state index contributed by atoms with van der Waals surface area (Å²) >= 11 is 0. The minimum Gasteiger partial charge on any atom is -0.494 e. The number of ether oxygens (including phenoxy) is 1. The summed E-state index contributed by atoms with van der Waals surface area (Å²) in [7, 11) is 0. The second-order valence-electron chi connectivity index (χ2n) is 4.47. The normalized spacial score (nSPS) is 9.35. The fourth-order valence-electron chi connectivity index (χ4n) is 0.992. The lowest BCUT2D eigenvalue weighted by molar-refractivity contribution is 0.243. The van der Waals surface area contributed by atoms with E-state index in [1.807, 2.05) is 58.0 Å².